The number of halogens is 1. The molecular formula is C24H30FN7. The summed E-state index contributed by atoms with van der Waals surface area (Å²) in [5, 5.41) is 16.9. The van der Waals surface area contributed by atoms with Crippen LogP contribution in [0.1, 0.15) is 24.0 Å². The third-order valence-electron chi connectivity index (χ3n) is 5.61. The third kappa shape index (κ3) is 5.39. The Morgan fingerprint density at radius 1 is 1.28 bits per heavy atom. The highest BCUT2D eigenvalue weighted by Gasteiger charge is 2.31. The van der Waals surface area contributed by atoms with Crippen molar-refractivity contribution in [1.82, 2.24) is 31.0 Å². The molecule has 1 aromatic heterocycles. The maximum Gasteiger partial charge on any atom is 0.140 e. The summed E-state index contributed by atoms with van der Waals surface area (Å²) in [5.74, 6) is 0.378. The quantitative estimate of drug-likeness (QED) is 0.458. The molecule has 1 unspecified atom stereocenters. The van der Waals surface area contributed by atoms with Crippen molar-refractivity contribution in [3.8, 4) is 0 Å². The van der Waals surface area contributed by atoms with Crippen molar-refractivity contribution in [3.63, 3.8) is 0 Å². The zero-order valence-corrected chi connectivity index (χ0v) is 18.1. The van der Waals surface area contributed by atoms with E-state index in [9.17, 15) is 4.39 Å². The Hall–Kier alpha value is -3.52. The minimum Gasteiger partial charge on any atom is -0.384 e. The number of hydrogen-bond donors (Lipinski definition) is 5. The number of benzene rings is 1. The molecule has 2 aliphatic rings. The van der Waals surface area contributed by atoms with E-state index in [0.717, 1.165) is 29.8 Å². The fourth-order valence-electron chi connectivity index (χ4n) is 3.81. The Labute approximate surface area is 188 Å². The van der Waals surface area contributed by atoms with Crippen LogP contribution in [0.25, 0.3) is 5.57 Å². The molecule has 0 saturated carbocycles. The van der Waals surface area contributed by atoms with Crippen molar-refractivity contribution in [3.05, 3.63) is 96.1 Å². The number of piperidine rings is 1. The normalized spacial score (nSPS) is 23.3. The first kappa shape index (κ1) is 21.7. The lowest BCUT2D eigenvalue weighted by atomic mass is 9.96. The van der Waals surface area contributed by atoms with Crippen LogP contribution in [-0.4, -0.2) is 35.1 Å². The molecule has 8 heteroatoms. The van der Waals surface area contributed by atoms with Gasteiger partial charge in [-0.25, -0.2) is 4.39 Å². The van der Waals surface area contributed by atoms with E-state index in [2.05, 4.69) is 45.1 Å². The molecule has 2 aromatic rings. The van der Waals surface area contributed by atoms with Gasteiger partial charge in [0.2, 0.25) is 0 Å². The van der Waals surface area contributed by atoms with Crippen LogP contribution in [0.5, 0.6) is 0 Å². The predicted molar refractivity (Wildman–Crippen MR) is 125 cm³/mol. The highest BCUT2D eigenvalue weighted by molar-refractivity contribution is 5.73. The van der Waals surface area contributed by atoms with Crippen LogP contribution in [-0.2, 0) is 6.54 Å². The number of aromatic nitrogens is 2. The van der Waals surface area contributed by atoms with E-state index in [-0.39, 0.29) is 6.54 Å². The lowest BCUT2D eigenvalue weighted by Crippen LogP contribution is -2.49. The predicted octanol–water partition coefficient (Wildman–Crippen LogP) is 2.30. The molecule has 6 N–H and O–H groups in total. The molecule has 4 rings (SSSR count). The van der Waals surface area contributed by atoms with Gasteiger partial charge in [0, 0.05) is 30.7 Å². The lowest BCUT2D eigenvalue weighted by molar-refractivity contribution is 0.123. The largest absolute Gasteiger partial charge is 0.384 e. The van der Waals surface area contributed by atoms with Crippen LogP contribution in [0.15, 0.2) is 85.0 Å². The van der Waals surface area contributed by atoms with E-state index >= 15 is 0 Å². The monoisotopic (exact) mass is 435 g/mol. The van der Waals surface area contributed by atoms with Crippen LogP contribution in [0.4, 0.5) is 4.39 Å². The average molecular weight is 436 g/mol. The first-order chi connectivity index (χ1) is 15.5. The van der Waals surface area contributed by atoms with Crippen LogP contribution >= 0.6 is 0 Å². The summed E-state index contributed by atoms with van der Waals surface area (Å²) >= 11 is 0. The van der Waals surface area contributed by atoms with Crippen molar-refractivity contribution >= 4 is 5.57 Å². The van der Waals surface area contributed by atoms with Crippen molar-refractivity contribution in [2.45, 2.75) is 25.1 Å². The Kier molecular flexibility index (Phi) is 6.61. The van der Waals surface area contributed by atoms with Gasteiger partial charge in [-0.1, -0.05) is 36.9 Å². The van der Waals surface area contributed by atoms with Crippen LogP contribution in [0, 0.1) is 0 Å². The van der Waals surface area contributed by atoms with E-state index in [1.54, 1.807) is 18.6 Å². The van der Waals surface area contributed by atoms with Gasteiger partial charge in [0.25, 0.3) is 0 Å². The van der Waals surface area contributed by atoms with Crippen molar-refractivity contribution in [2.24, 2.45) is 5.73 Å². The minimum absolute atomic E-state index is 0.154. The number of alkyl halides is 1. The number of hydrogen-bond acceptors (Lipinski definition) is 6. The molecule has 0 spiro atoms. The van der Waals surface area contributed by atoms with Gasteiger partial charge in [-0.3, -0.25) is 4.68 Å². The number of rotatable bonds is 7. The summed E-state index contributed by atoms with van der Waals surface area (Å²) in [5.41, 5.74) is 9.24. The molecule has 0 aliphatic carbocycles. The van der Waals surface area contributed by atoms with Gasteiger partial charge in [-0.2, -0.15) is 5.10 Å². The van der Waals surface area contributed by atoms with E-state index < -0.39 is 5.67 Å². The van der Waals surface area contributed by atoms with Gasteiger partial charge in [-0.05, 0) is 36.6 Å². The summed E-state index contributed by atoms with van der Waals surface area (Å²) < 4.78 is 16.8. The second-order valence-electron chi connectivity index (χ2n) is 8.19. The van der Waals surface area contributed by atoms with Crippen LogP contribution in [0.3, 0.4) is 0 Å². The maximum atomic E-state index is 14.9. The van der Waals surface area contributed by atoms with Gasteiger partial charge in [0.1, 0.15) is 17.2 Å². The van der Waals surface area contributed by atoms with Gasteiger partial charge in [0.15, 0.2) is 0 Å². The zero-order valence-electron chi connectivity index (χ0n) is 18.1. The minimum atomic E-state index is -1.30. The highest BCUT2D eigenvalue weighted by atomic mass is 19.1. The van der Waals surface area contributed by atoms with Gasteiger partial charge >= 0.3 is 0 Å². The van der Waals surface area contributed by atoms with E-state index in [0.29, 0.717) is 31.0 Å². The molecule has 3 heterocycles. The summed E-state index contributed by atoms with van der Waals surface area (Å²) in [6, 6.07) is 10.2. The third-order valence-corrected chi connectivity index (χ3v) is 5.61. The molecule has 0 amide bonds. The fraction of sp³-hybridized carbons (Fsp3) is 0.292. The second-order valence-corrected chi connectivity index (χ2v) is 8.19. The summed E-state index contributed by atoms with van der Waals surface area (Å²) in [4.78, 5) is 0. The molecule has 0 radical (unpaired) electrons. The Morgan fingerprint density at radius 3 is 2.88 bits per heavy atom. The molecular weight excluding hydrogens is 405 g/mol. The van der Waals surface area contributed by atoms with Crippen molar-refractivity contribution in [1.29, 1.82) is 0 Å². The molecule has 2 aliphatic heterocycles. The van der Waals surface area contributed by atoms with Crippen molar-refractivity contribution in [2.75, 3.05) is 19.6 Å². The van der Waals surface area contributed by atoms with Crippen LogP contribution in [0.2, 0.25) is 0 Å². The van der Waals surface area contributed by atoms with E-state index in [1.165, 1.54) is 5.56 Å². The summed E-state index contributed by atoms with van der Waals surface area (Å²) in [6.07, 6.45) is 10.5. The molecule has 1 aromatic carbocycles. The number of nitrogens with zero attached hydrogens (tertiary/aromatic N) is 2. The fourth-order valence-corrected chi connectivity index (χ4v) is 3.81. The molecule has 168 valence electrons. The molecule has 1 fully saturated rings. The highest BCUT2D eigenvalue weighted by Crippen LogP contribution is 2.22. The summed E-state index contributed by atoms with van der Waals surface area (Å²) in [6.45, 7) is 6.22. The molecule has 0 bridgehead atoms. The smallest absolute Gasteiger partial charge is 0.140 e. The molecule has 32 heavy (non-hydrogen) atoms. The Morgan fingerprint density at radius 2 is 2.09 bits per heavy atom. The summed E-state index contributed by atoms with van der Waals surface area (Å²) in [7, 11) is 0. The van der Waals surface area contributed by atoms with Crippen molar-refractivity contribution < 1.29 is 4.39 Å². The SMILES string of the molecule is C=C(/C=C1/NC=CN/C1=C(/N)NCC1(F)CCCNC1)c1cnn(Cc2ccccc2)c1. The van der Waals surface area contributed by atoms with Gasteiger partial charge < -0.3 is 27.0 Å². The standard InChI is InChI=1S/C24H30FN7/c1-18(20-13-31-32(15-20)14-19-6-3-2-4-7-19)12-21-22(29-11-10-28-21)23(26)30-17-24(25)8-5-9-27-16-24/h2-4,6-7,10-13,15,27-30H,1,5,8-9,14,16-17,26H2/b21-12+,23-22-. The first-order valence-corrected chi connectivity index (χ1v) is 10.8. The lowest BCUT2D eigenvalue weighted by Gasteiger charge is -2.31. The zero-order chi connectivity index (χ0) is 22.4. The molecule has 7 nitrogen and oxygen atoms in total. The Bertz CT molecular complexity index is 1030. The number of nitrogens with one attached hydrogen (secondary N) is 4. The van der Waals surface area contributed by atoms with Gasteiger partial charge in [-0.15, -0.1) is 0 Å². The molecule has 1 saturated heterocycles. The van der Waals surface area contributed by atoms with E-state index in [1.807, 2.05) is 35.2 Å². The van der Waals surface area contributed by atoms with Crippen LogP contribution < -0.4 is 27.0 Å². The van der Waals surface area contributed by atoms with Gasteiger partial charge in [0.05, 0.1) is 25.0 Å². The first-order valence-electron chi connectivity index (χ1n) is 10.8. The number of allylic oxidation sites excluding steroid dienone is 2. The van der Waals surface area contributed by atoms with E-state index in [4.69, 9.17) is 5.73 Å². The second kappa shape index (κ2) is 9.74. The number of nitrogens with two attached hydrogens (primary N) is 1. The maximum absolute atomic E-state index is 14.9. The molecule has 1 atom stereocenters. The average Bonchev–Trinajstić information content (AvgIpc) is 3.28. The topological polar surface area (TPSA) is 92.0 Å². The Balaban J connectivity index is 1.45.